The van der Waals surface area contributed by atoms with Crippen molar-refractivity contribution in [3.05, 3.63) is 58.6 Å². The Bertz CT molecular complexity index is 475. The van der Waals surface area contributed by atoms with E-state index >= 15 is 0 Å². The van der Waals surface area contributed by atoms with Gasteiger partial charge in [0.15, 0.2) is 0 Å². The van der Waals surface area contributed by atoms with Gasteiger partial charge in [-0.2, -0.15) is 0 Å². The van der Waals surface area contributed by atoms with E-state index in [-0.39, 0.29) is 3.74 Å². The standard InChI is InChI=1S/C13H9Br3/c14-12-6-4-9(5-7-12)10-2-1-3-11(8-10)13(15)16/h1-8,13H. The summed E-state index contributed by atoms with van der Waals surface area (Å²) in [6, 6.07) is 16.8. The molecule has 0 spiro atoms. The molecule has 0 saturated carbocycles. The van der Waals surface area contributed by atoms with E-state index < -0.39 is 0 Å². The maximum absolute atomic E-state index is 3.51. The molecule has 0 bridgehead atoms. The maximum Gasteiger partial charge on any atom is 0.0946 e. The van der Waals surface area contributed by atoms with Crippen LogP contribution in [-0.4, -0.2) is 0 Å². The Labute approximate surface area is 120 Å². The van der Waals surface area contributed by atoms with Gasteiger partial charge in [-0.25, -0.2) is 0 Å². The third-order valence-corrected chi connectivity index (χ3v) is 3.90. The number of hydrogen-bond donors (Lipinski definition) is 0. The van der Waals surface area contributed by atoms with E-state index in [2.05, 4.69) is 96.3 Å². The molecule has 0 nitrogen and oxygen atoms in total. The van der Waals surface area contributed by atoms with E-state index in [0.717, 1.165) is 4.47 Å². The van der Waals surface area contributed by atoms with E-state index in [1.54, 1.807) is 0 Å². The fourth-order valence-corrected chi connectivity index (χ4v) is 2.33. The molecule has 0 aliphatic heterocycles. The molecule has 82 valence electrons. The highest BCUT2D eigenvalue weighted by Crippen LogP contribution is 2.32. The van der Waals surface area contributed by atoms with Gasteiger partial charge in [0.1, 0.15) is 0 Å². The summed E-state index contributed by atoms with van der Waals surface area (Å²) in [7, 11) is 0. The lowest BCUT2D eigenvalue weighted by Gasteiger charge is -2.06. The second-order valence-electron chi connectivity index (χ2n) is 3.43. The molecule has 0 saturated heterocycles. The average molecular weight is 405 g/mol. The Hall–Kier alpha value is -0.120. The second-order valence-corrected chi connectivity index (χ2v) is 7.41. The molecule has 0 N–H and O–H groups in total. The molecule has 3 heteroatoms. The van der Waals surface area contributed by atoms with Gasteiger partial charge in [-0.15, -0.1) is 0 Å². The zero-order valence-corrected chi connectivity index (χ0v) is 13.1. The van der Waals surface area contributed by atoms with Crippen molar-refractivity contribution in [2.24, 2.45) is 0 Å². The normalized spacial score (nSPS) is 10.8. The van der Waals surface area contributed by atoms with Crippen molar-refractivity contribution >= 4 is 47.8 Å². The third kappa shape index (κ3) is 2.96. The first kappa shape index (κ1) is 12.3. The van der Waals surface area contributed by atoms with Gasteiger partial charge >= 0.3 is 0 Å². The van der Waals surface area contributed by atoms with Crippen LogP contribution in [0.25, 0.3) is 11.1 Å². The van der Waals surface area contributed by atoms with Gasteiger partial charge in [0.2, 0.25) is 0 Å². The average Bonchev–Trinajstić information content (AvgIpc) is 2.30. The summed E-state index contributed by atoms with van der Waals surface area (Å²) in [4.78, 5) is 0. The van der Waals surface area contributed by atoms with Crippen molar-refractivity contribution in [1.29, 1.82) is 0 Å². The van der Waals surface area contributed by atoms with Gasteiger partial charge < -0.3 is 0 Å². The highest BCUT2D eigenvalue weighted by molar-refractivity contribution is 9.24. The fourth-order valence-electron chi connectivity index (χ4n) is 1.50. The minimum atomic E-state index is 0.204. The van der Waals surface area contributed by atoms with Crippen LogP contribution in [0.1, 0.15) is 9.30 Å². The van der Waals surface area contributed by atoms with Gasteiger partial charge in [-0.3, -0.25) is 0 Å². The molecule has 0 atom stereocenters. The van der Waals surface area contributed by atoms with Gasteiger partial charge in [-0.05, 0) is 34.9 Å². The SMILES string of the molecule is Brc1ccc(-c2cccc(C(Br)Br)c2)cc1. The molecule has 0 heterocycles. The summed E-state index contributed by atoms with van der Waals surface area (Å²) in [5.41, 5.74) is 3.68. The van der Waals surface area contributed by atoms with Gasteiger partial charge in [-0.1, -0.05) is 78.1 Å². The lowest BCUT2D eigenvalue weighted by molar-refractivity contribution is 1.42. The molecular formula is C13H9Br3. The van der Waals surface area contributed by atoms with Gasteiger partial charge in [0, 0.05) is 4.47 Å². The van der Waals surface area contributed by atoms with E-state index in [9.17, 15) is 0 Å². The summed E-state index contributed by atoms with van der Waals surface area (Å²) in [6.45, 7) is 0. The highest BCUT2D eigenvalue weighted by atomic mass is 79.9. The van der Waals surface area contributed by atoms with E-state index in [4.69, 9.17) is 0 Å². The van der Waals surface area contributed by atoms with Crippen LogP contribution in [0, 0.1) is 0 Å². The lowest BCUT2D eigenvalue weighted by Crippen LogP contribution is -1.83. The van der Waals surface area contributed by atoms with Crippen LogP contribution < -0.4 is 0 Å². The smallest absolute Gasteiger partial charge is 0.0712 e. The molecule has 2 rings (SSSR count). The Kier molecular flexibility index (Phi) is 4.22. The first-order valence-corrected chi connectivity index (χ1v) is 7.43. The molecule has 0 aliphatic carbocycles. The minimum Gasteiger partial charge on any atom is -0.0712 e. The number of hydrogen-bond acceptors (Lipinski definition) is 0. The predicted molar refractivity (Wildman–Crippen MR) is 80.2 cm³/mol. The molecule has 0 radical (unpaired) electrons. The minimum absolute atomic E-state index is 0.204. The largest absolute Gasteiger partial charge is 0.0946 e. The van der Waals surface area contributed by atoms with Crippen molar-refractivity contribution in [2.45, 2.75) is 3.74 Å². The quantitative estimate of drug-likeness (QED) is 0.546. The second kappa shape index (κ2) is 5.48. The molecule has 0 aliphatic rings. The first-order chi connectivity index (χ1) is 7.66. The summed E-state index contributed by atoms with van der Waals surface area (Å²) < 4.78 is 1.31. The Morgan fingerprint density at radius 2 is 1.50 bits per heavy atom. The van der Waals surface area contributed by atoms with E-state index in [1.165, 1.54) is 16.7 Å². The molecule has 0 amide bonds. The Morgan fingerprint density at radius 3 is 2.12 bits per heavy atom. The Balaban J connectivity index is 2.40. The molecule has 2 aromatic rings. The monoisotopic (exact) mass is 402 g/mol. The van der Waals surface area contributed by atoms with E-state index in [0.29, 0.717) is 0 Å². The summed E-state index contributed by atoms with van der Waals surface area (Å²) in [5, 5.41) is 0. The zero-order valence-electron chi connectivity index (χ0n) is 8.33. The maximum atomic E-state index is 3.51. The molecule has 0 unspecified atom stereocenters. The van der Waals surface area contributed by atoms with Crippen molar-refractivity contribution in [2.75, 3.05) is 0 Å². The van der Waals surface area contributed by atoms with Gasteiger partial charge in [0.25, 0.3) is 0 Å². The number of benzene rings is 2. The van der Waals surface area contributed by atoms with Crippen molar-refractivity contribution in [1.82, 2.24) is 0 Å². The van der Waals surface area contributed by atoms with Crippen LogP contribution in [0.2, 0.25) is 0 Å². The fraction of sp³-hybridized carbons (Fsp3) is 0.0769. The molecular weight excluding hydrogens is 396 g/mol. The zero-order chi connectivity index (χ0) is 11.5. The summed E-state index contributed by atoms with van der Waals surface area (Å²) in [5.74, 6) is 0. The van der Waals surface area contributed by atoms with E-state index in [1.807, 2.05) is 0 Å². The lowest BCUT2D eigenvalue weighted by atomic mass is 10.0. The van der Waals surface area contributed by atoms with Crippen molar-refractivity contribution in [3.63, 3.8) is 0 Å². The van der Waals surface area contributed by atoms with Crippen LogP contribution in [0.15, 0.2) is 53.0 Å². The predicted octanol–water partition coefficient (Wildman–Crippen LogP) is 5.90. The molecule has 16 heavy (non-hydrogen) atoms. The van der Waals surface area contributed by atoms with Crippen LogP contribution in [0.5, 0.6) is 0 Å². The molecule has 0 aromatic heterocycles. The van der Waals surface area contributed by atoms with Crippen molar-refractivity contribution < 1.29 is 0 Å². The van der Waals surface area contributed by atoms with Crippen LogP contribution in [0.3, 0.4) is 0 Å². The molecule has 2 aromatic carbocycles. The Morgan fingerprint density at radius 1 is 0.812 bits per heavy atom. The number of halogens is 3. The summed E-state index contributed by atoms with van der Waals surface area (Å²) in [6.07, 6.45) is 0. The highest BCUT2D eigenvalue weighted by Gasteiger charge is 2.04. The number of rotatable bonds is 2. The number of alkyl halides is 2. The van der Waals surface area contributed by atoms with Crippen LogP contribution in [0.4, 0.5) is 0 Å². The topological polar surface area (TPSA) is 0 Å². The molecule has 0 fully saturated rings. The van der Waals surface area contributed by atoms with Crippen LogP contribution >= 0.6 is 47.8 Å². The summed E-state index contributed by atoms with van der Waals surface area (Å²) >= 11 is 10.5. The van der Waals surface area contributed by atoms with Crippen LogP contribution in [-0.2, 0) is 0 Å². The van der Waals surface area contributed by atoms with Gasteiger partial charge in [0.05, 0.1) is 3.74 Å². The third-order valence-electron chi connectivity index (χ3n) is 2.32. The first-order valence-electron chi connectivity index (χ1n) is 4.81. The van der Waals surface area contributed by atoms with Crippen molar-refractivity contribution in [3.8, 4) is 11.1 Å².